The number of nitrogens with zero attached hydrogens (tertiary/aromatic N) is 2. The fourth-order valence-electron chi connectivity index (χ4n) is 3.73. The van der Waals surface area contributed by atoms with Crippen LogP contribution in [-0.2, 0) is 16.8 Å². The van der Waals surface area contributed by atoms with Crippen molar-refractivity contribution in [2.45, 2.75) is 57.1 Å². The van der Waals surface area contributed by atoms with Gasteiger partial charge in [0.2, 0.25) is 5.89 Å². The summed E-state index contributed by atoms with van der Waals surface area (Å²) in [5, 5.41) is 7.90. The topological polar surface area (TPSA) is 77.2 Å². The third kappa shape index (κ3) is 3.11. The van der Waals surface area contributed by atoms with Gasteiger partial charge in [0, 0.05) is 18.4 Å². The standard InChI is InChI=1S/C18H20ClN3O3/c1-11-20-17(22-25-11)18(7-3-2-4-8-18)21-16(23)15-10-12-9-13(19)5-6-14(12)24-15/h5-6,9,15H,2-4,7-8,10H2,1H3,(H,21,23)/t15-/m0/s1. The molecule has 1 fully saturated rings. The molecule has 2 aliphatic rings. The molecule has 2 heterocycles. The molecule has 0 spiro atoms. The average molecular weight is 362 g/mol. The van der Waals surface area contributed by atoms with Gasteiger partial charge < -0.3 is 14.6 Å². The van der Waals surface area contributed by atoms with E-state index in [-0.39, 0.29) is 5.91 Å². The summed E-state index contributed by atoms with van der Waals surface area (Å²) in [5.74, 6) is 1.65. The lowest BCUT2D eigenvalue weighted by Crippen LogP contribution is -2.52. The monoisotopic (exact) mass is 361 g/mol. The Labute approximate surface area is 150 Å². The van der Waals surface area contributed by atoms with E-state index in [1.807, 2.05) is 12.1 Å². The number of aryl methyl sites for hydroxylation is 1. The third-order valence-corrected chi connectivity index (χ3v) is 5.25. The molecule has 7 heteroatoms. The van der Waals surface area contributed by atoms with Gasteiger partial charge in [-0.3, -0.25) is 4.79 Å². The predicted octanol–water partition coefficient (Wildman–Crippen LogP) is 3.31. The Balaban J connectivity index is 1.54. The second-order valence-electron chi connectivity index (χ2n) is 6.83. The molecule has 1 aromatic heterocycles. The lowest BCUT2D eigenvalue weighted by Gasteiger charge is -2.35. The van der Waals surface area contributed by atoms with Gasteiger partial charge in [0.05, 0.1) is 0 Å². The number of aromatic nitrogens is 2. The number of rotatable bonds is 3. The van der Waals surface area contributed by atoms with Crippen molar-refractivity contribution in [3.8, 4) is 5.75 Å². The minimum absolute atomic E-state index is 0.142. The van der Waals surface area contributed by atoms with E-state index in [0.29, 0.717) is 23.2 Å². The highest BCUT2D eigenvalue weighted by Crippen LogP contribution is 2.37. The molecule has 1 aromatic carbocycles. The highest BCUT2D eigenvalue weighted by atomic mass is 35.5. The Morgan fingerprint density at radius 2 is 2.12 bits per heavy atom. The number of amides is 1. The van der Waals surface area contributed by atoms with Crippen molar-refractivity contribution in [1.82, 2.24) is 15.5 Å². The number of benzene rings is 1. The van der Waals surface area contributed by atoms with E-state index in [4.69, 9.17) is 20.9 Å². The van der Waals surface area contributed by atoms with E-state index in [0.717, 1.165) is 43.4 Å². The van der Waals surface area contributed by atoms with Gasteiger partial charge in [-0.15, -0.1) is 0 Å². The number of ether oxygens (including phenoxy) is 1. The van der Waals surface area contributed by atoms with Crippen LogP contribution in [0.5, 0.6) is 5.75 Å². The Kier molecular flexibility index (Phi) is 4.15. The molecule has 0 unspecified atom stereocenters. The molecule has 1 N–H and O–H groups in total. The lowest BCUT2D eigenvalue weighted by atomic mass is 9.80. The summed E-state index contributed by atoms with van der Waals surface area (Å²) in [4.78, 5) is 17.3. The first-order valence-electron chi connectivity index (χ1n) is 8.64. The smallest absolute Gasteiger partial charge is 0.262 e. The number of nitrogens with one attached hydrogen (secondary N) is 1. The third-order valence-electron chi connectivity index (χ3n) is 5.01. The van der Waals surface area contributed by atoms with Gasteiger partial charge in [0.15, 0.2) is 11.9 Å². The van der Waals surface area contributed by atoms with Gasteiger partial charge >= 0.3 is 0 Å². The van der Waals surface area contributed by atoms with Gasteiger partial charge in [0.1, 0.15) is 11.3 Å². The SMILES string of the molecule is Cc1nc(C2(NC(=O)[C@@H]3Cc4cc(Cl)ccc4O3)CCCCC2)no1. The second kappa shape index (κ2) is 6.33. The van der Waals surface area contributed by atoms with Gasteiger partial charge in [0.25, 0.3) is 5.91 Å². The summed E-state index contributed by atoms with van der Waals surface area (Å²) < 4.78 is 11.0. The normalized spacial score (nSPS) is 21.4. The summed E-state index contributed by atoms with van der Waals surface area (Å²) in [5.41, 5.74) is 0.392. The van der Waals surface area contributed by atoms with Crippen LogP contribution in [0, 0.1) is 6.92 Å². The highest BCUT2D eigenvalue weighted by molar-refractivity contribution is 6.30. The van der Waals surface area contributed by atoms with Crippen LogP contribution in [0.2, 0.25) is 5.02 Å². The average Bonchev–Trinajstić information content (AvgIpc) is 3.22. The largest absolute Gasteiger partial charge is 0.480 e. The van der Waals surface area contributed by atoms with Gasteiger partial charge in [-0.1, -0.05) is 36.0 Å². The maximum atomic E-state index is 12.9. The minimum atomic E-state index is -0.567. The van der Waals surface area contributed by atoms with Gasteiger partial charge in [-0.25, -0.2) is 0 Å². The zero-order chi connectivity index (χ0) is 17.4. The predicted molar refractivity (Wildman–Crippen MR) is 91.5 cm³/mol. The van der Waals surface area contributed by atoms with Crippen LogP contribution in [0.25, 0.3) is 0 Å². The van der Waals surface area contributed by atoms with Crippen molar-refractivity contribution in [3.63, 3.8) is 0 Å². The van der Waals surface area contributed by atoms with Crippen molar-refractivity contribution in [1.29, 1.82) is 0 Å². The summed E-state index contributed by atoms with van der Waals surface area (Å²) in [6, 6.07) is 5.43. The van der Waals surface area contributed by atoms with Crippen LogP contribution < -0.4 is 10.1 Å². The molecular formula is C18H20ClN3O3. The first-order chi connectivity index (χ1) is 12.1. The van der Waals surface area contributed by atoms with Crippen LogP contribution in [0.4, 0.5) is 0 Å². The molecule has 0 radical (unpaired) electrons. The Hall–Kier alpha value is -2.08. The molecule has 1 aliphatic carbocycles. The molecule has 1 aliphatic heterocycles. The first-order valence-corrected chi connectivity index (χ1v) is 9.01. The van der Waals surface area contributed by atoms with Crippen LogP contribution in [-0.4, -0.2) is 22.2 Å². The second-order valence-corrected chi connectivity index (χ2v) is 7.27. The summed E-state index contributed by atoms with van der Waals surface area (Å²) in [6.07, 6.45) is 4.78. The Morgan fingerprint density at radius 3 is 2.84 bits per heavy atom. The highest BCUT2D eigenvalue weighted by Gasteiger charge is 2.42. The number of fused-ring (bicyclic) bond motifs is 1. The fraction of sp³-hybridized carbons (Fsp3) is 0.500. The fourth-order valence-corrected chi connectivity index (χ4v) is 3.93. The molecule has 1 atom stereocenters. The van der Waals surface area contributed by atoms with E-state index < -0.39 is 11.6 Å². The van der Waals surface area contributed by atoms with E-state index in [9.17, 15) is 4.79 Å². The van der Waals surface area contributed by atoms with Crippen LogP contribution in [0.15, 0.2) is 22.7 Å². The first kappa shape index (κ1) is 16.4. The van der Waals surface area contributed by atoms with Crippen molar-refractivity contribution >= 4 is 17.5 Å². The van der Waals surface area contributed by atoms with E-state index in [2.05, 4.69) is 15.5 Å². The van der Waals surface area contributed by atoms with E-state index in [1.165, 1.54) is 0 Å². The summed E-state index contributed by atoms with van der Waals surface area (Å²) in [6.45, 7) is 1.76. The zero-order valence-corrected chi connectivity index (χ0v) is 14.8. The molecule has 25 heavy (non-hydrogen) atoms. The molecular weight excluding hydrogens is 342 g/mol. The number of hydrogen-bond donors (Lipinski definition) is 1. The number of halogens is 1. The number of carbonyl (C=O) groups excluding carboxylic acids is 1. The molecule has 1 saturated carbocycles. The van der Waals surface area contributed by atoms with Crippen LogP contribution >= 0.6 is 11.6 Å². The quantitative estimate of drug-likeness (QED) is 0.907. The van der Waals surface area contributed by atoms with Crippen molar-refractivity contribution in [2.75, 3.05) is 0 Å². The Bertz CT molecular complexity index is 799. The zero-order valence-electron chi connectivity index (χ0n) is 14.0. The molecule has 6 nitrogen and oxygen atoms in total. The molecule has 1 amide bonds. The molecule has 0 bridgehead atoms. The molecule has 2 aromatic rings. The minimum Gasteiger partial charge on any atom is -0.480 e. The lowest BCUT2D eigenvalue weighted by molar-refractivity contribution is -0.130. The number of carbonyl (C=O) groups is 1. The maximum Gasteiger partial charge on any atom is 0.262 e. The summed E-state index contributed by atoms with van der Waals surface area (Å²) >= 11 is 6.03. The van der Waals surface area contributed by atoms with Gasteiger partial charge in [-0.2, -0.15) is 4.98 Å². The molecule has 4 rings (SSSR count). The maximum absolute atomic E-state index is 12.9. The van der Waals surface area contributed by atoms with Crippen molar-refractivity contribution in [2.24, 2.45) is 0 Å². The summed E-state index contributed by atoms with van der Waals surface area (Å²) in [7, 11) is 0. The van der Waals surface area contributed by atoms with Gasteiger partial charge in [-0.05, 0) is 36.6 Å². The van der Waals surface area contributed by atoms with E-state index in [1.54, 1.807) is 13.0 Å². The van der Waals surface area contributed by atoms with Crippen molar-refractivity contribution < 1.29 is 14.1 Å². The molecule has 132 valence electrons. The number of hydrogen-bond acceptors (Lipinski definition) is 5. The van der Waals surface area contributed by atoms with E-state index >= 15 is 0 Å². The van der Waals surface area contributed by atoms with Crippen molar-refractivity contribution in [3.05, 3.63) is 40.5 Å². The Morgan fingerprint density at radius 1 is 1.32 bits per heavy atom. The van der Waals surface area contributed by atoms with Crippen LogP contribution in [0.3, 0.4) is 0 Å². The molecule has 0 saturated heterocycles. The van der Waals surface area contributed by atoms with Crippen LogP contribution in [0.1, 0.15) is 49.4 Å².